The van der Waals surface area contributed by atoms with Gasteiger partial charge in [0.1, 0.15) is 17.9 Å². The van der Waals surface area contributed by atoms with E-state index in [4.69, 9.17) is 9.47 Å². The minimum absolute atomic E-state index is 0.252. The van der Waals surface area contributed by atoms with E-state index in [1.807, 2.05) is 37.4 Å². The van der Waals surface area contributed by atoms with Crippen molar-refractivity contribution in [3.8, 4) is 5.75 Å². The predicted octanol–water partition coefficient (Wildman–Crippen LogP) is 4.13. The predicted molar refractivity (Wildman–Crippen MR) is 108 cm³/mol. The third-order valence-corrected chi connectivity index (χ3v) is 4.72. The van der Waals surface area contributed by atoms with Crippen molar-refractivity contribution in [3.05, 3.63) is 75.7 Å². The maximum absolute atomic E-state index is 12.4. The Morgan fingerprint density at radius 2 is 1.82 bits per heavy atom. The molecule has 0 spiro atoms. The van der Waals surface area contributed by atoms with E-state index in [0.717, 1.165) is 16.3 Å². The summed E-state index contributed by atoms with van der Waals surface area (Å²) < 4.78 is 10.9. The van der Waals surface area contributed by atoms with Crippen LogP contribution in [0.5, 0.6) is 5.75 Å². The van der Waals surface area contributed by atoms with Crippen molar-refractivity contribution < 1.29 is 19.1 Å². The number of amides is 1. The molecule has 0 atom stereocenters. The number of thiazole rings is 1. The van der Waals surface area contributed by atoms with E-state index in [0.29, 0.717) is 11.4 Å². The molecule has 28 heavy (non-hydrogen) atoms. The second-order valence-electron chi connectivity index (χ2n) is 6.08. The van der Waals surface area contributed by atoms with Gasteiger partial charge in [0.25, 0.3) is 5.91 Å². The third kappa shape index (κ3) is 5.17. The highest BCUT2D eigenvalue weighted by Crippen LogP contribution is 2.21. The number of carbonyl (C=O) groups is 2. The van der Waals surface area contributed by atoms with Crippen LogP contribution in [0.3, 0.4) is 0 Å². The molecule has 6 nitrogen and oxygen atoms in total. The SMILES string of the molecule is Cc1nc(COc2ccccc2C(=O)OCC(=O)Nc2ccccc2C)cs1. The molecule has 0 bridgehead atoms. The van der Waals surface area contributed by atoms with Crippen molar-refractivity contribution in [2.75, 3.05) is 11.9 Å². The van der Waals surface area contributed by atoms with Crippen LogP contribution in [0.15, 0.2) is 53.9 Å². The molecule has 1 heterocycles. The van der Waals surface area contributed by atoms with Gasteiger partial charge in [-0.15, -0.1) is 11.3 Å². The van der Waals surface area contributed by atoms with Gasteiger partial charge < -0.3 is 14.8 Å². The van der Waals surface area contributed by atoms with Gasteiger partial charge in [-0.3, -0.25) is 4.79 Å². The summed E-state index contributed by atoms with van der Waals surface area (Å²) in [6.45, 7) is 3.68. The quantitative estimate of drug-likeness (QED) is 0.608. The molecule has 0 radical (unpaired) electrons. The second kappa shape index (κ2) is 9.14. The molecule has 3 aromatic rings. The van der Waals surface area contributed by atoms with Gasteiger partial charge in [-0.1, -0.05) is 30.3 Å². The van der Waals surface area contributed by atoms with Crippen LogP contribution in [0, 0.1) is 13.8 Å². The maximum Gasteiger partial charge on any atom is 0.342 e. The van der Waals surface area contributed by atoms with Crippen LogP contribution in [0.4, 0.5) is 5.69 Å². The molecular weight excluding hydrogens is 376 g/mol. The molecule has 0 saturated heterocycles. The number of carbonyl (C=O) groups excluding carboxylic acids is 2. The lowest BCUT2D eigenvalue weighted by Crippen LogP contribution is -2.21. The molecule has 1 aromatic heterocycles. The largest absolute Gasteiger partial charge is 0.486 e. The number of rotatable bonds is 7. The lowest BCUT2D eigenvalue weighted by Gasteiger charge is -2.11. The Morgan fingerprint density at radius 1 is 1.07 bits per heavy atom. The molecule has 3 rings (SSSR count). The van der Waals surface area contributed by atoms with Crippen molar-refractivity contribution in [1.29, 1.82) is 0 Å². The van der Waals surface area contributed by atoms with Gasteiger partial charge in [0.05, 0.1) is 10.7 Å². The summed E-state index contributed by atoms with van der Waals surface area (Å²) in [7, 11) is 0. The fourth-order valence-corrected chi connectivity index (χ4v) is 3.09. The van der Waals surface area contributed by atoms with E-state index in [9.17, 15) is 9.59 Å². The minimum Gasteiger partial charge on any atom is -0.486 e. The number of nitrogens with zero attached hydrogens (tertiary/aromatic N) is 1. The Hall–Kier alpha value is -3.19. The lowest BCUT2D eigenvalue weighted by atomic mass is 10.2. The monoisotopic (exact) mass is 396 g/mol. The Morgan fingerprint density at radius 3 is 2.57 bits per heavy atom. The highest BCUT2D eigenvalue weighted by Gasteiger charge is 2.16. The molecule has 0 aliphatic carbocycles. The van der Waals surface area contributed by atoms with E-state index in [1.54, 1.807) is 30.3 Å². The van der Waals surface area contributed by atoms with Crippen molar-refractivity contribution in [3.63, 3.8) is 0 Å². The summed E-state index contributed by atoms with van der Waals surface area (Å²) >= 11 is 1.54. The van der Waals surface area contributed by atoms with Crippen molar-refractivity contribution in [1.82, 2.24) is 4.98 Å². The number of hydrogen-bond donors (Lipinski definition) is 1. The van der Waals surface area contributed by atoms with Crippen molar-refractivity contribution in [2.45, 2.75) is 20.5 Å². The normalized spacial score (nSPS) is 10.4. The number of esters is 1. The zero-order chi connectivity index (χ0) is 19.9. The Balaban J connectivity index is 1.58. The van der Waals surface area contributed by atoms with E-state index in [2.05, 4.69) is 10.3 Å². The number of ether oxygens (including phenoxy) is 2. The van der Waals surface area contributed by atoms with Gasteiger partial charge in [-0.2, -0.15) is 0 Å². The van der Waals surface area contributed by atoms with Crippen molar-refractivity contribution in [2.24, 2.45) is 0 Å². The lowest BCUT2D eigenvalue weighted by molar-refractivity contribution is -0.119. The first-order valence-corrected chi connectivity index (χ1v) is 9.56. The van der Waals surface area contributed by atoms with Gasteiger partial charge in [-0.25, -0.2) is 9.78 Å². The average Bonchev–Trinajstić information content (AvgIpc) is 3.12. The molecule has 7 heteroatoms. The van der Waals surface area contributed by atoms with Gasteiger partial charge in [-0.05, 0) is 37.6 Å². The summed E-state index contributed by atoms with van der Waals surface area (Å²) in [4.78, 5) is 28.8. The van der Waals surface area contributed by atoms with E-state index < -0.39 is 11.9 Å². The highest BCUT2D eigenvalue weighted by molar-refractivity contribution is 7.09. The summed E-state index contributed by atoms with van der Waals surface area (Å²) in [6.07, 6.45) is 0. The molecule has 144 valence electrons. The van der Waals surface area contributed by atoms with E-state index in [-0.39, 0.29) is 18.8 Å². The fraction of sp³-hybridized carbons (Fsp3) is 0.190. The Kier molecular flexibility index (Phi) is 6.39. The van der Waals surface area contributed by atoms with E-state index >= 15 is 0 Å². The first-order chi connectivity index (χ1) is 13.5. The zero-order valence-electron chi connectivity index (χ0n) is 15.6. The number of hydrogen-bond acceptors (Lipinski definition) is 6. The molecule has 0 saturated carbocycles. The standard InChI is InChI=1S/C21H20N2O4S/c1-14-7-3-5-9-18(14)23-20(24)12-27-21(25)17-8-4-6-10-19(17)26-11-16-13-28-15(2)22-16/h3-10,13H,11-12H2,1-2H3,(H,23,24). The molecule has 1 N–H and O–H groups in total. The molecule has 0 unspecified atom stereocenters. The molecular formula is C21H20N2O4S. The molecule has 0 fully saturated rings. The Labute approximate surface area is 167 Å². The number of para-hydroxylation sites is 2. The van der Waals surface area contributed by atoms with Gasteiger partial charge >= 0.3 is 5.97 Å². The second-order valence-corrected chi connectivity index (χ2v) is 7.14. The van der Waals surface area contributed by atoms with Crippen LogP contribution >= 0.6 is 11.3 Å². The highest BCUT2D eigenvalue weighted by atomic mass is 32.1. The van der Waals surface area contributed by atoms with Crippen molar-refractivity contribution >= 4 is 28.9 Å². The first kappa shape index (κ1) is 19.6. The Bertz CT molecular complexity index is 984. The molecule has 0 aliphatic rings. The van der Waals surface area contributed by atoms with Gasteiger partial charge in [0.15, 0.2) is 6.61 Å². The summed E-state index contributed by atoms with van der Waals surface area (Å²) in [5.41, 5.74) is 2.67. The van der Waals surface area contributed by atoms with Gasteiger partial charge in [0, 0.05) is 11.1 Å². The number of benzene rings is 2. The summed E-state index contributed by atoms with van der Waals surface area (Å²) in [5.74, 6) is -0.638. The molecule has 0 aliphatic heterocycles. The number of aromatic nitrogens is 1. The smallest absolute Gasteiger partial charge is 0.342 e. The average molecular weight is 396 g/mol. The van der Waals surface area contributed by atoms with Crippen LogP contribution in [-0.2, 0) is 16.1 Å². The van der Waals surface area contributed by atoms with Gasteiger partial charge in [0.2, 0.25) is 0 Å². The minimum atomic E-state index is -0.620. The molecule has 1 amide bonds. The van der Waals surface area contributed by atoms with Crippen LogP contribution in [0.1, 0.15) is 26.6 Å². The van der Waals surface area contributed by atoms with Crippen LogP contribution in [-0.4, -0.2) is 23.5 Å². The van der Waals surface area contributed by atoms with Crippen LogP contribution in [0.2, 0.25) is 0 Å². The summed E-state index contributed by atoms with van der Waals surface area (Å²) in [6, 6.07) is 14.2. The molecule has 2 aromatic carbocycles. The first-order valence-electron chi connectivity index (χ1n) is 8.68. The van der Waals surface area contributed by atoms with Crippen LogP contribution < -0.4 is 10.1 Å². The number of aryl methyl sites for hydroxylation is 2. The maximum atomic E-state index is 12.4. The van der Waals surface area contributed by atoms with Crippen LogP contribution in [0.25, 0.3) is 0 Å². The number of anilines is 1. The third-order valence-electron chi connectivity index (χ3n) is 3.90. The fourth-order valence-electron chi connectivity index (χ4n) is 2.50. The van der Waals surface area contributed by atoms with E-state index in [1.165, 1.54) is 11.3 Å². The topological polar surface area (TPSA) is 77.5 Å². The number of nitrogens with one attached hydrogen (secondary N) is 1. The zero-order valence-corrected chi connectivity index (χ0v) is 16.4. The summed E-state index contributed by atoms with van der Waals surface area (Å²) in [5, 5.41) is 5.58.